The molecule has 3 aromatic rings. The highest BCUT2D eigenvalue weighted by Gasteiger charge is 2.20. The summed E-state index contributed by atoms with van der Waals surface area (Å²) in [4.78, 5) is 15.7. The van der Waals surface area contributed by atoms with Gasteiger partial charge in [0.05, 0.1) is 10.5 Å². The van der Waals surface area contributed by atoms with E-state index in [1.165, 1.54) is 0 Å². The number of carbonyl (C=O) groups is 1. The van der Waals surface area contributed by atoms with Gasteiger partial charge in [0, 0.05) is 16.5 Å². The average Bonchev–Trinajstić information content (AvgIpc) is 2.99. The first-order valence-corrected chi connectivity index (χ1v) is 7.90. The number of amides is 1. The lowest BCUT2D eigenvalue weighted by Gasteiger charge is -2.12. The van der Waals surface area contributed by atoms with Crippen LogP contribution in [0.1, 0.15) is 40.5 Å². The monoisotopic (exact) mass is 360 g/mol. The molecule has 5 heteroatoms. The number of aryl methyl sites for hydroxylation is 2. The summed E-state index contributed by atoms with van der Waals surface area (Å²) in [6, 6.07) is 9.64. The number of benzene rings is 1. The van der Waals surface area contributed by atoms with Crippen molar-refractivity contribution >= 4 is 32.7 Å². The summed E-state index contributed by atoms with van der Waals surface area (Å²) < 4.78 is 6.31. The summed E-state index contributed by atoms with van der Waals surface area (Å²) in [7, 11) is 0. The molecule has 0 aliphatic carbocycles. The van der Waals surface area contributed by atoms with Crippen LogP contribution in [0.25, 0.3) is 10.9 Å². The zero-order chi connectivity index (χ0) is 15.9. The number of carbonyl (C=O) groups excluding carboxylic acids is 1. The second-order valence-electron chi connectivity index (χ2n) is 5.42. The van der Waals surface area contributed by atoms with Crippen LogP contribution in [-0.2, 0) is 0 Å². The van der Waals surface area contributed by atoms with Crippen LogP contribution in [0.3, 0.4) is 0 Å². The first-order valence-electron chi connectivity index (χ1n) is 7.11. The van der Waals surface area contributed by atoms with Crippen molar-refractivity contribution in [3.05, 3.63) is 57.6 Å². The highest BCUT2D eigenvalue weighted by molar-refractivity contribution is 9.10. The standard InChI is InChI=1S/C17H17BrN2O2/c1-9-8-13(11(3)22-9)10(2)19-17(21)16-15(18)12-6-4-5-7-14(12)20-16/h4-8,10,20H,1-3H3,(H,19,21). The highest BCUT2D eigenvalue weighted by atomic mass is 79.9. The Kier molecular flexibility index (Phi) is 3.83. The van der Waals surface area contributed by atoms with Gasteiger partial charge < -0.3 is 14.7 Å². The molecule has 0 aliphatic rings. The third kappa shape index (κ3) is 2.57. The van der Waals surface area contributed by atoms with Crippen molar-refractivity contribution in [1.82, 2.24) is 10.3 Å². The van der Waals surface area contributed by atoms with Crippen LogP contribution in [0.4, 0.5) is 0 Å². The molecule has 0 saturated heterocycles. The number of fused-ring (bicyclic) bond motifs is 1. The van der Waals surface area contributed by atoms with Gasteiger partial charge in [-0.05, 0) is 48.8 Å². The molecule has 1 amide bonds. The molecule has 2 N–H and O–H groups in total. The minimum Gasteiger partial charge on any atom is -0.466 e. The molecule has 1 aromatic carbocycles. The van der Waals surface area contributed by atoms with Crippen LogP contribution in [0.15, 0.2) is 39.2 Å². The Bertz CT molecular complexity index is 848. The number of H-pyrrole nitrogens is 1. The Labute approximate surface area is 137 Å². The molecular formula is C17H17BrN2O2. The van der Waals surface area contributed by atoms with Gasteiger partial charge in [-0.15, -0.1) is 0 Å². The Hall–Kier alpha value is -2.01. The van der Waals surface area contributed by atoms with Crippen molar-refractivity contribution in [2.75, 3.05) is 0 Å². The lowest BCUT2D eigenvalue weighted by Crippen LogP contribution is -2.27. The van der Waals surface area contributed by atoms with E-state index in [2.05, 4.69) is 26.2 Å². The molecule has 3 rings (SSSR count). The van der Waals surface area contributed by atoms with Crippen LogP contribution in [0.5, 0.6) is 0 Å². The Balaban J connectivity index is 1.87. The summed E-state index contributed by atoms with van der Waals surface area (Å²) in [6.07, 6.45) is 0. The van der Waals surface area contributed by atoms with Gasteiger partial charge in [-0.2, -0.15) is 0 Å². The largest absolute Gasteiger partial charge is 0.466 e. The van der Waals surface area contributed by atoms with Crippen molar-refractivity contribution in [2.24, 2.45) is 0 Å². The first-order chi connectivity index (χ1) is 10.5. The molecule has 0 bridgehead atoms. The number of hydrogen-bond donors (Lipinski definition) is 2. The van der Waals surface area contributed by atoms with Crippen LogP contribution >= 0.6 is 15.9 Å². The number of halogens is 1. The van der Waals surface area contributed by atoms with E-state index < -0.39 is 0 Å². The van der Waals surface area contributed by atoms with Gasteiger partial charge in [0.25, 0.3) is 5.91 Å². The molecule has 2 aromatic heterocycles. The number of hydrogen-bond acceptors (Lipinski definition) is 2. The SMILES string of the molecule is Cc1cc(C(C)NC(=O)c2[nH]c3ccccc3c2Br)c(C)o1. The van der Waals surface area contributed by atoms with Crippen molar-refractivity contribution in [3.63, 3.8) is 0 Å². The molecular weight excluding hydrogens is 344 g/mol. The maximum Gasteiger partial charge on any atom is 0.269 e. The molecule has 2 heterocycles. The highest BCUT2D eigenvalue weighted by Crippen LogP contribution is 2.28. The molecule has 0 radical (unpaired) electrons. The predicted molar refractivity (Wildman–Crippen MR) is 90.1 cm³/mol. The lowest BCUT2D eigenvalue weighted by atomic mass is 10.1. The number of furan rings is 1. The maximum atomic E-state index is 12.5. The number of aromatic amines is 1. The molecule has 4 nitrogen and oxygen atoms in total. The number of nitrogens with one attached hydrogen (secondary N) is 2. The summed E-state index contributed by atoms with van der Waals surface area (Å²) in [5.41, 5.74) is 2.46. The normalized spacial score (nSPS) is 12.5. The second-order valence-corrected chi connectivity index (χ2v) is 6.22. The molecule has 0 spiro atoms. The van der Waals surface area contributed by atoms with E-state index in [0.29, 0.717) is 5.69 Å². The van der Waals surface area contributed by atoms with Gasteiger partial charge in [0.1, 0.15) is 17.2 Å². The van der Waals surface area contributed by atoms with E-state index >= 15 is 0 Å². The van der Waals surface area contributed by atoms with Crippen molar-refractivity contribution < 1.29 is 9.21 Å². The van der Waals surface area contributed by atoms with Crippen LogP contribution in [-0.4, -0.2) is 10.9 Å². The van der Waals surface area contributed by atoms with Crippen LogP contribution in [0, 0.1) is 13.8 Å². The molecule has 1 atom stereocenters. The molecule has 114 valence electrons. The fourth-order valence-electron chi connectivity index (χ4n) is 2.69. The van der Waals surface area contributed by atoms with Crippen molar-refractivity contribution in [2.45, 2.75) is 26.8 Å². The predicted octanol–water partition coefficient (Wildman–Crippen LogP) is 4.63. The summed E-state index contributed by atoms with van der Waals surface area (Å²) >= 11 is 3.51. The molecule has 0 saturated carbocycles. The van der Waals surface area contributed by atoms with E-state index in [4.69, 9.17) is 4.42 Å². The third-order valence-corrected chi connectivity index (χ3v) is 4.59. The Morgan fingerprint density at radius 3 is 2.68 bits per heavy atom. The minimum atomic E-state index is -0.145. The average molecular weight is 361 g/mol. The number of rotatable bonds is 3. The fourth-order valence-corrected chi connectivity index (χ4v) is 3.32. The molecule has 22 heavy (non-hydrogen) atoms. The smallest absolute Gasteiger partial charge is 0.269 e. The maximum absolute atomic E-state index is 12.5. The zero-order valence-electron chi connectivity index (χ0n) is 12.7. The van der Waals surface area contributed by atoms with Crippen LogP contribution < -0.4 is 5.32 Å². The minimum absolute atomic E-state index is 0.122. The molecule has 0 aliphatic heterocycles. The summed E-state index contributed by atoms with van der Waals surface area (Å²) in [6.45, 7) is 5.76. The lowest BCUT2D eigenvalue weighted by molar-refractivity contribution is 0.0934. The Morgan fingerprint density at radius 1 is 1.32 bits per heavy atom. The van der Waals surface area contributed by atoms with E-state index in [1.807, 2.05) is 51.1 Å². The summed E-state index contributed by atoms with van der Waals surface area (Å²) in [5, 5.41) is 4.00. The van der Waals surface area contributed by atoms with E-state index in [9.17, 15) is 4.79 Å². The first kappa shape index (κ1) is 14.9. The van der Waals surface area contributed by atoms with Crippen LogP contribution in [0.2, 0.25) is 0 Å². The van der Waals surface area contributed by atoms with Gasteiger partial charge in [-0.25, -0.2) is 0 Å². The van der Waals surface area contributed by atoms with Gasteiger partial charge in [0.2, 0.25) is 0 Å². The number of aromatic nitrogens is 1. The third-order valence-electron chi connectivity index (χ3n) is 3.76. The van der Waals surface area contributed by atoms with E-state index in [0.717, 1.165) is 32.5 Å². The molecule has 1 unspecified atom stereocenters. The second kappa shape index (κ2) is 5.65. The van der Waals surface area contributed by atoms with Crippen molar-refractivity contribution in [3.8, 4) is 0 Å². The van der Waals surface area contributed by atoms with E-state index in [-0.39, 0.29) is 11.9 Å². The van der Waals surface area contributed by atoms with Gasteiger partial charge in [0.15, 0.2) is 0 Å². The topological polar surface area (TPSA) is 58.0 Å². The fraction of sp³-hybridized carbons (Fsp3) is 0.235. The summed E-state index contributed by atoms with van der Waals surface area (Å²) in [5.74, 6) is 1.54. The van der Waals surface area contributed by atoms with Crippen molar-refractivity contribution in [1.29, 1.82) is 0 Å². The zero-order valence-corrected chi connectivity index (χ0v) is 14.2. The quantitative estimate of drug-likeness (QED) is 0.715. The van der Waals surface area contributed by atoms with Gasteiger partial charge >= 0.3 is 0 Å². The Morgan fingerprint density at radius 2 is 2.05 bits per heavy atom. The number of para-hydroxylation sites is 1. The van der Waals surface area contributed by atoms with Gasteiger partial charge in [-0.3, -0.25) is 4.79 Å². The van der Waals surface area contributed by atoms with Gasteiger partial charge in [-0.1, -0.05) is 18.2 Å². The molecule has 0 fully saturated rings. The van der Waals surface area contributed by atoms with E-state index in [1.54, 1.807) is 0 Å².